The van der Waals surface area contributed by atoms with Crippen LogP contribution in [0.4, 0.5) is 5.69 Å². The van der Waals surface area contributed by atoms with Gasteiger partial charge in [0.25, 0.3) is 0 Å². The summed E-state index contributed by atoms with van der Waals surface area (Å²) in [6.07, 6.45) is 5.80. The monoisotopic (exact) mass is 460 g/mol. The number of anilines is 1. The van der Waals surface area contributed by atoms with Gasteiger partial charge in [-0.1, -0.05) is 49.1 Å². The highest BCUT2D eigenvalue weighted by Gasteiger charge is 2.53. The van der Waals surface area contributed by atoms with Crippen LogP contribution in [0.5, 0.6) is 0 Å². The summed E-state index contributed by atoms with van der Waals surface area (Å²) in [6.45, 7) is 0.934. The van der Waals surface area contributed by atoms with Crippen molar-refractivity contribution in [3.63, 3.8) is 0 Å². The van der Waals surface area contributed by atoms with E-state index in [9.17, 15) is 13.2 Å². The molecule has 0 spiro atoms. The first-order chi connectivity index (χ1) is 15.0. The Bertz CT molecular complexity index is 997. The average molecular weight is 461 g/mol. The number of hydrogen-bond donors (Lipinski definition) is 1. The summed E-state index contributed by atoms with van der Waals surface area (Å²) < 4.78 is 28.2. The van der Waals surface area contributed by atoms with E-state index < -0.39 is 14.7 Å². The second-order valence-electron chi connectivity index (χ2n) is 8.53. The van der Waals surface area contributed by atoms with Gasteiger partial charge < -0.3 is 5.32 Å². The van der Waals surface area contributed by atoms with Gasteiger partial charge in [0, 0.05) is 23.2 Å². The van der Waals surface area contributed by atoms with Crippen molar-refractivity contribution in [2.75, 3.05) is 18.0 Å². The minimum absolute atomic E-state index is 0.0924. The lowest BCUT2D eigenvalue weighted by Crippen LogP contribution is -2.65. The Labute approximate surface area is 189 Å². The quantitative estimate of drug-likeness (QED) is 0.695. The molecular weight excluding hydrogens is 432 g/mol. The molecule has 1 heterocycles. The molecule has 0 unspecified atom stereocenters. The Morgan fingerprint density at radius 1 is 0.968 bits per heavy atom. The minimum atomic E-state index is -3.86. The first-order valence-electron chi connectivity index (χ1n) is 11.1. The molecule has 1 atom stereocenters. The van der Waals surface area contributed by atoms with E-state index in [0.717, 1.165) is 38.6 Å². The molecule has 1 amide bonds. The van der Waals surface area contributed by atoms with Crippen molar-refractivity contribution in [2.24, 2.45) is 5.92 Å². The maximum absolute atomic E-state index is 14.1. The van der Waals surface area contributed by atoms with Crippen LogP contribution in [-0.4, -0.2) is 32.3 Å². The Balaban J connectivity index is 1.88. The van der Waals surface area contributed by atoms with Crippen LogP contribution in [0.15, 0.2) is 59.5 Å². The number of halogens is 1. The van der Waals surface area contributed by atoms with Crippen molar-refractivity contribution >= 4 is 33.0 Å². The van der Waals surface area contributed by atoms with Crippen LogP contribution in [0.25, 0.3) is 0 Å². The summed E-state index contributed by atoms with van der Waals surface area (Å²) in [5.74, 6) is -0.251. The van der Waals surface area contributed by atoms with Gasteiger partial charge >= 0.3 is 0 Å². The van der Waals surface area contributed by atoms with Gasteiger partial charge in [-0.25, -0.2) is 8.42 Å². The summed E-state index contributed by atoms with van der Waals surface area (Å²) in [7, 11) is -3.86. The van der Waals surface area contributed by atoms with Crippen LogP contribution in [0.1, 0.15) is 44.9 Å². The number of nitrogens with one attached hydrogen (secondary N) is 1. The lowest BCUT2D eigenvalue weighted by atomic mass is 9.87. The third-order valence-corrected chi connectivity index (χ3v) is 9.22. The van der Waals surface area contributed by atoms with Crippen LogP contribution in [0, 0.1) is 5.92 Å². The smallest absolute Gasteiger partial charge is 0.231 e. The summed E-state index contributed by atoms with van der Waals surface area (Å²) >= 11 is 6.12. The van der Waals surface area contributed by atoms with Gasteiger partial charge in [0.15, 0.2) is 4.87 Å². The number of benzene rings is 2. The number of amides is 1. The molecule has 2 aromatic rings. The Hall–Kier alpha value is -1.89. The number of carbonyl (C=O) groups is 1. The van der Waals surface area contributed by atoms with Crippen molar-refractivity contribution in [1.29, 1.82) is 0 Å². The molecule has 1 aliphatic carbocycles. The molecule has 166 valence electrons. The first-order valence-corrected chi connectivity index (χ1v) is 12.9. The van der Waals surface area contributed by atoms with Crippen molar-refractivity contribution < 1.29 is 13.2 Å². The topological polar surface area (TPSA) is 66.5 Å². The van der Waals surface area contributed by atoms with E-state index in [1.807, 2.05) is 0 Å². The fraction of sp³-hybridized carbons (Fsp3) is 0.458. The predicted molar refractivity (Wildman–Crippen MR) is 124 cm³/mol. The molecule has 1 saturated heterocycles. The highest BCUT2D eigenvalue weighted by atomic mass is 35.5. The third kappa shape index (κ3) is 4.26. The van der Waals surface area contributed by atoms with E-state index in [4.69, 9.17) is 11.6 Å². The fourth-order valence-electron chi connectivity index (χ4n) is 4.91. The molecule has 7 heteroatoms. The van der Waals surface area contributed by atoms with Crippen LogP contribution in [0.2, 0.25) is 5.02 Å². The largest absolute Gasteiger partial charge is 0.313 e. The fourth-order valence-corrected chi connectivity index (χ4v) is 7.13. The molecule has 0 radical (unpaired) electrons. The van der Waals surface area contributed by atoms with E-state index in [2.05, 4.69) is 5.32 Å². The van der Waals surface area contributed by atoms with E-state index in [1.165, 1.54) is 0 Å². The molecule has 4 rings (SSSR count). The van der Waals surface area contributed by atoms with E-state index in [0.29, 0.717) is 23.6 Å². The molecule has 1 N–H and O–H groups in total. The number of hydrogen-bond acceptors (Lipinski definition) is 4. The second kappa shape index (κ2) is 9.31. The number of rotatable bonds is 5. The van der Waals surface area contributed by atoms with Crippen LogP contribution in [0.3, 0.4) is 0 Å². The van der Waals surface area contributed by atoms with Gasteiger partial charge in [0.1, 0.15) is 0 Å². The summed E-state index contributed by atoms with van der Waals surface area (Å²) in [4.78, 5) is 14.4. The van der Waals surface area contributed by atoms with E-state index in [-0.39, 0.29) is 23.3 Å². The Morgan fingerprint density at radius 2 is 1.65 bits per heavy atom. The SMILES string of the molecule is O=C(C1CCCCC1)N(c1ccc(Cl)cc1)[C@@]1(S(=O)(=O)c2ccccc2)CCCNC1. The van der Waals surface area contributed by atoms with E-state index in [1.54, 1.807) is 59.5 Å². The average Bonchev–Trinajstić information content (AvgIpc) is 2.82. The van der Waals surface area contributed by atoms with Gasteiger partial charge in [0.05, 0.1) is 4.90 Å². The molecule has 1 saturated carbocycles. The molecular formula is C24H29ClN2O3S. The number of piperidine rings is 1. The van der Waals surface area contributed by atoms with Crippen molar-refractivity contribution in [3.8, 4) is 0 Å². The third-order valence-electron chi connectivity index (χ3n) is 6.54. The van der Waals surface area contributed by atoms with Gasteiger partial charge in [0.2, 0.25) is 15.7 Å². The molecule has 2 fully saturated rings. The molecule has 0 bridgehead atoms. The summed E-state index contributed by atoms with van der Waals surface area (Å²) in [6, 6.07) is 15.5. The molecule has 0 aromatic heterocycles. The molecule has 5 nitrogen and oxygen atoms in total. The van der Waals surface area contributed by atoms with Crippen molar-refractivity contribution in [3.05, 3.63) is 59.6 Å². The standard InChI is InChI=1S/C24H29ClN2O3S/c25-20-12-14-21(15-13-20)27(23(28)19-8-3-1-4-9-19)24(16-7-17-26-18-24)31(29,30)22-10-5-2-6-11-22/h2,5-6,10-15,19,26H,1,3-4,7-9,16-18H2/t24-/m1/s1. The first kappa shape index (κ1) is 22.3. The van der Waals surface area contributed by atoms with Gasteiger partial charge in [-0.05, 0) is 68.6 Å². The van der Waals surface area contributed by atoms with Crippen molar-refractivity contribution in [2.45, 2.75) is 54.7 Å². The molecule has 2 aliphatic rings. The lowest BCUT2D eigenvalue weighted by Gasteiger charge is -2.47. The maximum Gasteiger partial charge on any atom is 0.231 e. The van der Waals surface area contributed by atoms with E-state index >= 15 is 0 Å². The summed E-state index contributed by atoms with van der Waals surface area (Å²) in [5.41, 5.74) is 0.586. The zero-order valence-corrected chi connectivity index (χ0v) is 19.2. The number of nitrogens with zero attached hydrogens (tertiary/aromatic N) is 1. The normalized spacial score (nSPS) is 22.7. The molecule has 31 heavy (non-hydrogen) atoms. The zero-order valence-electron chi connectivity index (χ0n) is 17.6. The molecule has 2 aromatic carbocycles. The molecule has 1 aliphatic heterocycles. The van der Waals surface area contributed by atoms with Crippen LogP contribution in [-0.2, 0) is 14.6 Å². The van der Waals surface area contributed by atoms with Gasteiger partial charge in [-0.15, -0.1) is 0 Å². The Morgan fingerprint density at radius 3 is 2.26 bits per heavy atom. The number of sulfone groups is 1. The lowest BCUT2D eigenvalue weighted by molar-refractivity contribution is -0.124. The Kier molecular flexibility index (Phi) is 6.70. The number of carbonyl (C=O) groups excluding carboxylic acids is 1. The second-order valence-corrected chi connectivity index (χ2v) is 11.2. The minimum Gasteiger partial charge on any atom is -0.313 e. The summed E-state index contributed by atoms with van der Waals surface area (Å²) in [5, 5.41) is 3.82. The van der Waals surface area contributed by atoms with Crippen molar-refractivity contribution in [1.82, 2.24) is 5.32 Å². The highest BCUT2D eigenvalue weighted by molar-refractivity contribution is 7.93. The maximum atomic E-state index is 14.1. The van der Waals surface area contributed by atoms with Crippen LogP contribution >= 0.6 is 11.6 Å². The van der Waals surface area contributed by atoms with Gasteiger partial charge in [-0.2, -0.15) is 0 Å². The highest BCUT2D eigenvalue weighted by Crippen LogP contribution is 2.41. The predicted octanol–water partition coefficient (Wildman–Crippen LogP) is 4.81. The van der Waals surface area contributed by atoms with Crippen LogP contribution < -0.4 is 10.2 Å². The van der Waals surface area contributed by atoms with Gasteiger partial charge in [-0.3, -0.25) is 9.69 Å². The zero-order chi connectivity index (χ0) is 21.9.